The number of aromatic nitrogens is 5. The van der Waals surface area contributed by atoms with Crippen LogP contribution in [-0.2, 0) is 50.3 Å². The Morgan fingerprint density at radius 3 is 0.917 bits per heavy atom. The number of rotatable bonds is 9. The number of aliphatic hydroxyl groups excluding tert-OH is 2. The summed E-state index contributed by atoms with van der Waals surface area (Å²) in [5.74, 6) is 0. The van der Waals surface area contributed by atoms with E-state index in [1.54, 1.807) is 18.6 Å². The SMILES string of the molecule is C.CO.CO.C[Si](C)(C)c1cnc(-c2[c-]cc3c4ccccc4c4ccccc4c3c2)cc1-c1ccccc1.C[Si](C)(C)c1cnc(-c2ccc3c4ccccc4c4ccccc4c3c2)cc1-c1ccccc1.O=S(=O)(O)C(F)(F)F.[B].[Ir].[Ir].[c-]1ccccc1-c1ccccn1.[c-]1ccccc1-c1ccccn1.[c-]1ccccc1-c1ccccn1. The molecule has 5 aromatic heterocycles. The summed E-state index contributed by atoms with van der Waals surface area (Å²) in [4.78, 5) is 22.6. The first-order chi connectivity index (χ1) is 56.2. The number of aliphatic hydroxyl groups is 2. The molecule has 0 atom stereocenters. The number of hydrogen-bond acceptors (Lipinski definition) is 9. The molecular formula is C101H90BF3Ir2N5O5SSi2-4. The van der Waals surface area contributed by atoms with Crippen molar-refractivity contribution in [1.82, 2.24) is 24.9 Å². The number of pyridine rings is 5. The number of nitrogens with zero attached hydrogens (tertiary/aromatic N) is 5. The molecular weight excluding hydrogens is 1900 g/mol. The van der Waals surface area contributed by atoms with Gasteiger partial charge in [-0.05, 0) is 134 Å². The summed E-state index contributed by atoms with van der Waals surface area (Å²) in [5.41, 5.74) is 9.81. The summed E-state index contributed by atoms with van der Waals surface area (Å²) in [6, 6.07) is 126. The predicted molar refractivity (Wildman–Crippen MR) is 492 cm³/mol. The molecule has 18 rings (SSSR count). The van der Waals surface area contributed by atoms with Crippen molar-refractivity contribution in [3.05, 3.63) is 383 Å². The Morgan fingerprint density at radius 2 is 0.600 bits per heavy atom. The number of hydrogen-bond donors (Lipinski definition) is 3. The number of benzene rings is 13. The van der Waals surface area contributed by atoms with Crippen LogP contribution < -0.4 is 10.4 Å². The van der Waals surface area contributed by atoms with Crippen molar-refractivity contribution < 1.29 is 76.6 Å². The second-order valence-corrected chi connectivity index (χ2v) is 40.0. The molecule has 0 saturated carbocycles. The Kier molecular flexibility index (Phi) is 36.0. The summed E-state index contributed by atoms with van der Waals surface area (Å²) in [6.07, 6.45) is 9.61. The van der Waals surface area contributed by atoms with Crippen LogP contribution in [0.2, 0.25) is 39.3 Å². The van der Waals surface area contributed by atoms with Gasteiger partial charge in [0.1, 0.15) is 0 Å². The molecule has 0 fully saturated rings. The molecule has 5 radical (unpaired) electrons. The van der Waals surface area contributed by atoms with Crippen LogP contribution in [0.1, 0.15) is 7.43 Å². The maximum absolute atomic E-state index is 10.7. The molecule has 0 bridgehead atoms. The van der Waals surface area contributed by atoms with Crippen LogP contribution in [0.5, 0.6) is 0 Å². The van der Waals surface area contributed by atoms with E-state index in [4.69, 9.17) is 33.2 Å². The molecule has 120 heavy (non-hydrogen) atoms. The maximum atomic E-state index is 10.7. The van der Waals surface area contributed by atoms with E-state index in [2.05, 4.69) is 291 Å². The summed E-state index contributed by atoms with van der Waals surface area (Å²) in [5, 5.41) is 32.2. The van der Waals surface area contributed by atoms with Crippen molar-refractivity contribution in [2.24, 2.45) is 0 Å². The molecule has 0 unspecified atom stereocenters. The van der Waals surface area contributed by atoms with E-state index in [0.29, 0.717) is 0 Å². The van der Waals surface area contributed by atoms with Gasteiger partial charge >= 0.3 is 15.6 Å². The van der Waals surface area contributed by atoms with Crippen molar-refractivity contribution in [3.8, 4) is 78.5 Å². The summed E-state index contributed by atoms with van der Waals surface area (Å²) in [7, 11) is -6.97. The summed E-state index contributed by atoms with van der Waals surface area (Å²) < 4.78 is 57.5. The Morgan fingerprint density at radius 1 is 0.308 bits per heavy atom. The van der Waals surface area contributed by atoms with Crippen LogP contribution in [0, 0.1) is 24.3 Å². The number of halogens is 3. The molecule has 10 nitrogen and oxygen atoms in total. The van der Waals surface area contributed by atoms with Gasteiger partial charge in [-0.3, -0.25) is 9.54 Å². The van der Waals surface area contributed by atoms with Gasteiger partial charge in [-0.15, -0.1) is 131 Å². The topological polar surface area (TPSA) is 159 Å². The molecule has 0 spiro atoms. The van der Waals surface area contributed by atoms with Crippen molar-refractivity contribution in [2.75, 3.05) is 14.2 Å². The van der Waals surface area contributed by atoms with Gasteiger partial charge in [0, 0.05) is 99.4 Å². The van der Waals surface area contributed by atoms with Crippen molar-refractivity contribution >= 4 is 110 Å². The van der Waals surface area contributed by atoms with Crippen LogP contribution in [0.15, 0.2) is 359 Å². The Bertz CT molecular complexity index is 5750. The smallest absolute Gasteiger partial charge is 0.400 e. The molecule has 0 saturated heterocycles. The predicted octanol–water partition coefficient (Wildman–Crippen LogP) is 24.1. The van der Waals surface area contributed by atoms with Crippen LogP contribution in [-0.4, -0.2) is 92.4 Å². The third-order valence-electron chi connectivity index (χ3n) is 18.8. The molecule has 0 aliphatic heterocycles. The Labute approximate surface area is 733 Å². The van der Waals surface area contributed by atoms with E-state index in [1.165, 1.54) is 97.3 Å². The van der Waals surface area contributed by atoms with E-state index >= 15 is 0 Å². The minimum atomic E-state index is -5.84. The number of alkyl halides is 3. The largest absolute Gasteiger partial charge is 0.522 e. The van der Waals surface area contributed by atoms with Gasteiger partial charge in [-0.1, -0.05) is 275 Å². The third-order valence-corrected chi connectivity index (χ3v) is 23.4. The zero-order chi connectivity index (χ0) is 82.2. The van der Waals surface area contributed by atoms with Crippen LogP contribution in [0.3, 0.4) is 0 Å². The van der Waals surface area contributed by atoms with E-state index < -0.39 is 31.8 Å². The fourth-order valence-corrected chi connectivity index (χ4v) is 16.4. The fourth-order valence-electron chi connectivity index (χ4n) is 13.4. The molecule has 19 heteroatoms. The molecule has 3 N–H and O–H groups in total. The molecule has 5 heterocycles. The van der Waals surface area contributed by atoms with E-state index in [1.807, 2.05) is 127 Å². The second kappa shape index (κ2) is 45.1. The fraction of sp³-hybridized carbons (Fsp3) is 0.0990. The van der Waals surface area contributed by atoms with E-state index in [0.717, 1.165) is 70.5 Å². The van der Waals surface area contributed by atoms with Gasteiger partial charge in [-0.25, -0.2) is 0 Å². The molecule has 0 aliphatic carbocycles. The first kappa shape index (κ1) is 95.7. The standard InChI is InChI=1S/C32H27NSi.C32H26NSi.3C11H8N.CHF3O3S.2CH4O.CH4.B.2Ir/c2*1-34(2,3)32-21-33-31(20-29(32)22-11-5-4-6-12-22)23-17-18-28-26-15-8-7-13-24(26)25-14-9-10-16-27(25)30(28)19-23;3*1-2-6-10(7-3-1)11-8-4-5-9-12-11;2-1(3,4)8(5,6)7;2*1-2;;;;/h4-21H,1-3H3;4-16,18-21H,1-3H3;3*1-6,8-9H;(H,5,6,7);2*2H,1H3;1H4;;;/q;4*-1;;;;;;;. The zero-order valence-corrected chi connectivity index (χ0v) is 74.4. The monoisotopic (exact) mass is 1990 g/mol. The van der Waals surface area contributed by atoms with Crippen LogP contribution in [0.4, 0.5) is 13.2 Å². The van der Waals surface area contributed by atoms with Gasteiger partial charge in [0.05, 0.1) is 21.8 Å². The van der Waals surface area contributed by atoms with Gasteiger partial charge in [0.15, 0.2) is 0 Å². The summed E-state index contributed by atoms with van der Waals surface area (Å²) in [6.45, 7) is 14.3. The average molecular weight is 1990 g/mol. The van der Waals surface area contributed by atoms with Gasteiger partial charge in [0.25, 0.3) is 0 Å². The number of fused-ring (bicyclic) bond motifs is 12. The third kappa shape index (κ3) is 24.2. The molecule has 0 aliphatic rings. The molecule has 13 aromatic carbocycles. The minimum Gasteiger partial charge on any atom is -0.400 e. The average Bonchev–Trinajstić information content (AvgIpc) is 0.745. The van der Waals surface area contributed by atoms with Crippen LogP contribution in [0.25, 0.3) is 143 Å². The molecule has 609 valence electrons. The van der Waals surface area contributed by atoms with E-state index in [-0.39, 0.29) is 56.1 Å². The van der Waals surface area contributed by atoms with Gasteiger partial charge in [0.2, 0.25) is 0 Å². The quantitative estimate of drug-likeness (QED) is 0.0417. The molecule has 18 aromatic rings. The Balaban J connectivity index is 0.000000212. The first-order valence-electron chi connectivity index (χ1n) is 37.4. The van der Waals surface area contributed by atoms with Crippen molar-refractivity contribution in [2.45, 2.75) is 52.2 Å². The van der Waals surface area contributed by atoms with Crippen molar-refractivity contribution in [1.29, 1.82) is 0 Å². The minimum absolute atomic E-state index is 0. The second-order valence-electron chi connectivity index (χ2n) is 28.5. The first-order valence-corrected chi connectivity index (χ1v) is 45.9. The van der Waals surface area contributed by atoms with Crippen LogP contribution >= 0.6 is 0 Å². The molecule has 0 amide bonds. The maximum Gasteiger partial charge on any atom is 0.522 e. The van der Waals surface area contributed by atoms with Gasteiger partial charge in [-0.2, -0.15) is 21.6 Å². The van der Waals surface area contributed by atoms with Crippen molar-refractivity contribution in [3.63, 3.8) is 0 Å². The van der Waals surface area contributed by atoms with Gasteiger partial charge < -0.3 is 30.1 Å². The zero-order valence-electron chi connectivity index (χ0n) is 66.7. The van der Waals surface area contributed by atoms with E-state index in [9.17, 15) is 13.2 Å². The Hall–Kier alpha value is -11.4. The summed E-state index contributed by atoms with van der Waals surface area (Å²) >= 11 is 0. The normalized spacial score (nSPS) is 10.7.